The highest BCUT2D eigenvalue weighted by atomic mass is 16.1. The molecule has 0 spiro atoms. The summed E-state index contributed by atoms with van der Waals surface area (Å²) in [6, 6.07) is 8.60. The molecule has 1 heteroatoms. The minimum Gasteiger partial charge on any atom is -0.299 e. The van der Waals surface area contributed by atoms with E-state index < -0.39 is 0 Å². The van der Waals surface area contributed by atoms with Crippen LogP contribution in [0, 0.1) is 17.8 Å². The molecule has 90 valence electrons. The zero-order valence-corrected chi connectivity index (χ0v) is 10.5. The van der Waals surface area contributed by atoms with Crippen LogP contribution >= 0.6 is 0 Å². The number of ketones is 1. The van der Waals surface area contributed by atoms with E-state index in [0.29, 0.717) is 23.5 Å². The van der Waals surface area contributed by atoms with Crippen LogP contribution in [0.15, 0.2) is 24.3 Å². The lowest BCUT2D eigenvalue weighted by Gasteiger charge is -2.25. The van der Waals surface area contributed by atoms with E-state index in [2.05, 4.69) is 31.2 Å². The molecule has 0 aliphatic heterocycles. The van der Waals surface area contributed by atoms with Crippen molar-refractivity contribution in [2.75, 3.05) is 0 Å². The minimum atomic E-state index is 0.292. The number of benzene rings is 1. The average Bonchev–Trinajstić information content (AvgIpc) is 3.21. The fourth-order valence-electron chi connectivity index (χ4n) is 3.14. The first-order valence-electron chi connectivity index (χ1n) is 6.86. The van der Waals surface area contributed by atoms with Gasteiger partial charge in [0.05, 0.1) is 0 Å². The Morgan fingerprint density at radius 1 is 1.18 bits per heavy atom. The number of Topliss-reactive ketones (excluding diaryl/α,β-unsaturated/α-hetero) is 1. The first-order chi connectivity index (χ1) is 8.25. The molecule has 2 atom stereocenters. The zero-order chi connectivity index (χ0) is 11.8. The molecule has 1 aromatic carbocycles. The van der Waals surface area contributed by atoms with Crippen LogP contribution in [0.4, 0.5) is 0 Å². The molecule has 2 aliphatic carbocycles. The van der Waals surface area contributed by atoms with Crippen molar-refractivity contribution in [1.82, 2.24) is 0 Å². The molecule has 0 heterocycles. The van der Waals surface area contributed by atoms with Gasteiger partial charge in [-0.25, -0.2) is 0 Å². The Morgan fingerprint density at radius 2 is 1.88 bits per heavy atom. The van der Waals surface area contributed by atoms with Crippen LogP contribution < -0.4 is 0 Å². The van der Waals surface area contributed by atoms with Crippen molar-refractivity contribution in [1.29, 1.82) is 0 Å². The molecule has 3 rings (SSSR count). The van der Waals surface area contributed by atoms with Crippen LogP contribution in [0.25, 0.3) is 0 Å². The van der Waals surface area contributed by atoms with Crippen LogP contribution in [0.3, 0.4) is 0 Å². The molecule has 1 fully saturated rings. The molecule has 1 aromatic rings. The highest BCUT2D eigenvalue weighted by Gasteiger charge is 2.36. The molecule has 0 aromatic heterocycles. The van der Waals surface area contributed by atoms with E-state index in [4.69, 9.17) is 0 Å². The van der Waals surface area contributed by atoms with E-state index in [-0.39, 0.29) is 0 Å². The van der Waals surface area contributed by atoms with E-state index in [1.165, 1.54) is 24.0 Å². The smallest absolute Gasteiger partial charge is 0.139 e. The summed E-state index contributed by atoms with van der Waals surface area (Å²) < 4.78 is 0. The molecule has 0 saturated heterocycles. The summed E-state index contributed by atoms with van der Waals surface area (Å²) >= 11 is 0. The Kier molecular flexibility index (Phi) is 2.78. The molecule has 0 N–H and O–H groups in total. The van der Waals surface area contributed by atoms with Gasteiger partial charge in [-0.2, -0.15) is 0 Å². The molecular formula is C16H20O. The van der Waals surface area contributed by atoms with E-state index >= 15 is 0 Å². The Morgan fingerprint density at radius 3 is 2.59 bits per heavy atom. The SMILES string of the molecule is CC(C(=O)C1CCc2ccccc2C1)C1CC1. The van der Waals surface area contributed by atoms with Crippen molar-refractivity contribution in [2.45, 2.75) is 39.0 Å². The van der Waals surface area contributed by atoms with Crippen molar-refractivity contribution in [3.8, 4) is 0 Å². The van der Waals surface area contributed by atoms with Crippen molar-refractivity contribution in [3.05, 3.63) is 35.4 Å². The number of hydrogen-bond donors (Lipinski definition) is 0. The molecule has 1 saturated carbocycles. The highest BCUT2D eigenvalue weighted by molar-refractivity contribution is 5.84. The van der Waals surface area contributed by atoms with Crippen molar-refractivity contribution in [3.63, 3.8) is 0 Å². The maximum absolute atomic E-state index is 12.4. The summed E-state index contributed by atoms with van der Waals surface area (Å²) in [5.74, 6) is 1.84. The predicted molar refractivity (Wildman–Crippen MR) is 68.9 cm³/mol. The molecule has 0 amide bonds. The number of rotatable bonds is 3. The number of aryl methyl sites for hydroxylation is 1. The van der Waals surface area contributed by atoms with Gasteiger partial charge in [-0.1, -0.05) is 31.2 Å². The van der Waals surface area contributed by atoms with Crippen LogP contribution in [-0.2, 0) is 17.6 Å². The summed E-state index contributed by atoms with van der Waals surface area (Å²) in [7, 11) is 0. The van der Waals surface area contributed by atoms with Gasteiger partial charge >= 0.3 is 0 Å². The number of hydrogen-bond acceptors (Lipinski definition) is 1. The minimum absolute atomic E-state index is 0.292. The normalized spacial score (nSPS) is 25.1. The van der Waals surface area contributed by atoms with Crippen LogP contribution in [0.5, 0.6) is 0 Å². The Bertz CT molecular complexity index is 431. The van der Waals surface area contributed by atoms with Gasteiger partial charge < -0.3 is 0 Å². The van der Waals surface area contributed by atoms with E-state index in [1.54, 1.807) is 0 Å². The molecule has 1 nitrogen and oxygen atoms in total. The van der Waals surface area contributed by atoms with Gasteiger partial charge in [0.25, 0.3) is 0 Å². The summed E-state index contributed by atoms with van der Waals surface area (Å²) in [4.78, 5) is 12.4. The van der Waals surface area contributed by atoms with Gasteiger partial charge in [0, 0.05) is 11.8 Å². The Labute approximate surface area is 103 Å². The molecule has 17 heavy (non-hydrogen) atoms. The molecular weight excluding hydrogens is 208 g/mol. The van der Waals surface area contributed by atoms with Gasteiger partial charge in [-0.15, -0.1) is 0 Å². The monoisotopic (exact) mass is 228 g/mol. The number of carbonyl (C=O) groups is 1. The van der Waals surface area contributed by atoms with Gasteiger partial charge in [0.15, 0.2) is 0 Å². The second kappa shape index (κ2) is 4.29. The fourth-order valence-corrected chi connectivity index (χ4v) is 3.14. The number of carbonyl (C=O) groups excluding carboxylic acids is 1. The molecule has 2 aliphatic rings. The lowest BCUT2D eigenvalue weighted by molar-refractivity contribution is -0.127. The predicted octanol–water partition coefficient (Wildman–Crippen LogP) is 3.41. The summed E-state index contributed by atoms with van der Waals surface area (Å²) in [6.07, 6.45) is 5.68. The largest absolute Gasteiger partial charge is 0.299 e. The van der Waals surface area contributed by atoms with Crippen LogP contribution in [0.2, 0.25) is 0 Å². The van der Waals surface area contributed by atoms with E-state index in [9.17, 15) is 4.79 Å². The lowest BCUT2D eigenvalue weighted by atomic mass is 9.78. The quantitative estimate of drug-likeness (QED) is 0.775. The first-order valence-corrected chi connectivity index (χ1v) is 6.86. The lowest BCUT2D eigenvalue weighted by Crippen LogP contribution is -2.28. The standard InChI is InChI=1S/C16H20O/c1-11(12-6-7-12)16(17)15-9-8-13-4-2-3-5-14(13)10-15/h2-5,11-12,15H,6-10H2,1H3. The second-order valence-corrected chi connectivity index (χ2v) is 5.74. The van der Waals surface area contributed by atoms with Gasteiger partial charge in [-0.3, -0.25) is 4.79 Å². The average molecular weight is 228 g/mol. The molecule has 0 radical (unpaired) electrons. The Hall–Kier alpha value is -1.11. The number of fused-ring (bicyclic) bond motifs is 1. The fraction of sp³-hybridized carbons (Fsp3) is 0.562. The summed E-state index contributed by atoms with van der Waals surface area (Å²) in [6.45, 7) is 2.14. The molecule has 0 bridgehead atoms. The third-order valence-electron chi connectivity index (χ3n) is 4.53. The van der Waals surface area contributed by atoms with Crippen molar-refractivity contribution < 1.29 is 4.79 Å². The zero-order valence-electron chi connectivity index (χ0n) is 10.5. The van der Waals surface area contributed by atoms with Gasteiger partial charge in [0.1, 0.15) is 5.78 Å². The topological polar surface area (TPSA) is 17.1 Å². The second-order valence-electron chi connectivity index (χ2n) is 5.74. The Balaban J connectivity index is 1.73. The van der Waals surface area contributed by atoms with Crippen LogP contribution in [0.1, 0.15) is 37.3 Å². The van der Waals surface area contributed by atoms with Gasteiger partial charge in [-0.05, 0) is 49.1 Å². The highest BCUT2D eigenvalue weighted by Crippen LogP contribution is 2.39. The van der Waals surface area contributed by atoms with E-state index in [1.807, 2.05) is 0 Å². The maximum Gasteiger partial charge on any atom is 0.139 e. The van der Waals surface area contributed by atoms with Crippen LogP contribution in [-0.4, -0.2) is 5.78 Å². The third kappa shape index (κ3) is 2.15. The molecule has 2 unspecified atom stereocenters. The van der Waals surface area contributed by atoms with Crippen molar-refractivity contribution >= 4 is 5.78 Å². The van der Waals surface area contributed by atoms with Crippen molar-refractivity contribution in [2.24, 2.45) is 17.8 Å². The maximum atomic E-state index is 12.4. The summed E-state index contributed by atoms with van der Waals surface area (Å²) in [5, 5.41) is 0. The van der Waals surface area contributed by atoms with Gasteiger partial charge in [0.2, 0.25) is 0 Å². The van der Waals surface area contributed by atoms with E-state index in [0.717, 1.165) is 19.3 Å². The first kappa shape index (κ1) is 11.0. The third-order valence-corrected chi connectivity index (χ3v) is 4.53. The summed E-state index contributed by atoms with van der Waals surface area (Å²) in [5.41, 5.74) is 2.86.